The molecular weight excluding hydrogens is 190 g/mol. The van der Waals surface area contributed by atoms with Crippen molar-refractivity contribution in [3.05, 3.63) is 23.9 Å². The predicted octanol–water partition coefficient (Wildman–Crippen LogP) is 0.669. The van der Waals surface area contributed by atoms with E-state index in [2.05, 4.69) is 20.7 Å². The molecule has 0 aliphatic carbocycles. The third-order valence-electron chi connectivity index (χ3n) is 2.21. The average Bonchev–Trinajstić information content (AvgIpc) is 2.63. The van der Waals surface area contributed by atoms with Crippen molar-refractivity contribution in [1.29, 1.82) is 0 Å². The number of nitrogens with zero attached hydrogens (tertiary/aromatic N) is 3. The van der Waals surface area contributed by atoms with Gasteiger partial charge in [0.15, 0.2) is 5.65 Å². The Labute approximate surface area is 88.5 Å². The minimum absolute atomic E-state index is 0.680. The van der Waals surface area contributed by atoms with E-state index in [0.717, 1.165) is 24.4 Å². The lowest BCUT2D eigenvalue weighted by atomic mass is 10.4. The largest absolute Gasteiger partial charge is 0.352 e. The van der Waals surface area contributed by atoms with E-state index >= 15 is 0 Å². The summed E-state index contributed by atoms with van der Waals surface area (Å²) in [7, 11) is 1.92. The van der Waals surface area contributed by atoms with Crippen LogP contribution in [0.15, 0.2) is 18.2 Å². The van der Waals surface area contributed by atoms with Gasteiger partial charge >= 0.3 is 0 Å². The molecule has 0 aromatic carbocycles. The molecule has 2 heterocycles. The van der Waals surface area contributed by atoms with Crippen LogP contribution in [0, 0.1) is 6.92 Å². The van der Waals surface area contributed by atoms with Crippen LogP contribution in [0.2, 0.25) is 0 Å². The fraction of sp³-hybridized carbons (Fsp3) is 0.400. The molecule has 2 aromatic heterocycles. The molecule has 0 saturated carbocycles. The minimum atomic E-state index is 0.680. The minimum Gasteiger partial charge on any atom is -0.352 e. The van der Waals surface area contributed by atoms with Crippen LogP contribution in [0.4, 0.5) is 5.95 Å². The Bertz CT molecular complexity index is 448. The van der Waals surface area contributed by atoms with Gasteiger partial charge in [0.05, 0.1) is 0 Å². The summed E-state index contributed by atoms with van der Waals surface area (Å²) < 4.78 is 1.84. The summed E-state index contributed by atoms with van der Waals surface area (Å²) in [4.78, 5) is 4.36. The van der Waals surface area contributed by atoms with Gasteiger partial charge in [-0.05, 0) is 26.1 Å². The highest BCUT2D eigenvalue weighted by molar-refractivity contribution is 5.44. The first-order chi connectivity index (χ1) is 7.31. The molecular formula is C10H15N5. The highest BCUT2D eigenvalue weighted by Crippen LogP contribution is 2.07. The Morgan fingerprint density at radius 2 is 2.20 bits per heavy atom. The number of aromatic nitrogens is 3. The Morgan fingerprint density at radius 1 is 1.33 bits per heavy atom. The topological polar surface area (TPSA) is 54.2 Å². The van der Waals surface area contributed by atoms with Crippen LogP contribution in [0.3, 0.4) is 0 Å². The zero-order valence-corrected chi connectivity index (χ0v) is 8.99. The van der Waals surface area contributed by atoms with Crippen molar-refractivity contribution in [2.75, 3.05) is 25.5 Å². The molecule has 0 aliphatic heterocycles. The molecule has 2 aromatic rings. The molecule has 80 valence electrons. The maximum Gasteiger partial charge on any atom is 0.243 e. The van der Waals surface area contributed by atoms with Crippen molar-refractivity contribution >= 4 is 11.6 Å². The number of nitrogens with one attached hydrogen (secondary N) is 2. The molecule has 0 spiro atoms. The number of fused-ring (bicyclic) bond motifs is 1. The third-order valence-corrected chi connectivity index (χ3v) is 2.21. The van der Waals surface area contributed by atoms with Gasteiger partial charge in [-0.1, -0.05) is 6.07 Å². The van der Waals surface area contributed by atoms with Crippen LogP contribution in [-0.4, -0.2) is 34.7 Å². The summed E-state index contributed by atoms with van der Waals surface area (Å²) in [5, 5.41) is 10.6. The molecule has 5 heteroatoms. The smallest absolute Gasteiger partial charge is 0.243 e. The maximum atomic E-state index is 4.36. The summed E-state index contributed by atoms with van der Waals surface area (Å²) in [5.74, 6) is 0.680. The van der Waals surface area contributed by atoms with Crippen LogP contribution in [0.25, 0.3) is 5.65 Å². The molecule has 0 amide bonds. The summed E-state index contributed by atoms with van der Waals surface area (Å²) in [6.07, 6.45) is 0. The zero-order chi connectivity index (χ0) is 10.7. The highest BCUT2D eigenvalue weighted by atomic mass is 15.3. The van der Waals surface area contributed by atoms with E-state index in [-0.39, 0.29) is 0 Å². The van der Waals surface area contributed by atoms with Gasteiger partial charge in [0, 0.05) is 18.8 Å². The summed E-state index contributed by atoms with van der Waals surface area (Å²) in [6.45, 7) is 3.74. The van der Waals surface area contributed by atoms with E-state index in [4.69, 9.17) is 0 Å². The Morgan fingerprint density at radius 3 is 2.93 bits per heavy atom. The first-order valence-electron chi connectivity index (χ1n) is 5.02. The number of anilines is 1. The molecule has 15 heavy (non-hydrogen) atoms. The van der Waals surface area contributed by atoms with Gasteiger partial charge in [-0.15, -0.1) is 5.10 Å². The normalized spacial score (nSPS) is 10.8. The molecule has 2 rings (SSSR count). The maximum absolute atomic E-state index is 4.36. The molecule has 0 atom stereocenters. The Hall–Kier alpha value is -1.62. The van der Waals surface area contributed by atoms with Crippen molar-refractivity contribution in [1.82, 2.24) is 19.9 Å². The SMILES string of the molecule is CNCCNc1nc2cccc(C)n2n1. The van der Waals surface area contributed by atoms with Gasteiger partial charge in [-0.25, -0.2) is 4.52 Å². The third kappa shape index (κ3) is 2.07. The van der Waals surface area contributed by atoms with Crippen LogP contribution in [0.5, 0.6) is 0 Å². The molecule has 2 N–H and O–H groups in total. The number of likely N-dealkylation sites (N-methyl/N-ethyl adjacent to an activating group) is 1. The molecule has 0 radical (unpaired) electrons. The summed E-state index contributed by atoms with van der Waals surface area (Å²) in [6, 6.07) is 5.94. The van der Waals surface area contributed by atoms with E-state index in [9.17, 15) is 0 Å². The van der Waals surface area contributed by atoms with Gasteiger partial charge in [0.1, 0.15) is 0 Å². The second kappa shape index (κ2) is 4.27. The van der Waals surface area contributed by atoms with Crippen molar-refractivity contribution in [3.8, 4) is 0 Å². The Balaban J connectivity index is 2.20. The summed E-state index contributed by atoms with van der Waals surface area (Å²) >= 11 is 0. The molecule has 5 nitrogen and oxygen atoms in total. The second-order valence-electron chi connectivity index (χ2n) is 3.40. The van der Waals surface area contributed by atoms with E-state index in [1.807, 2.05) is 36.7 Å². The molecule has 0 saturated heterocycles. The van der Waals surface area contributed by atoms with Crippen molar-refractivity contribution < 1.29 is 0 Å². The van der Waals surface area contributed by atoms with Gasteiger partial charge in [0.2, 0.25) is 5.95 Å². The van der Waals surface area contributed by atoms with Crippen LogP contribution >= 0.6 is 0 Å². The van der Waals surface area contributed by atoms with Crippen LogP contribution in [-0.2, 0) is 0 Å². The highest BCUT2D eigenvalue weighted by Gasteiger charge is 2.02. The fourth-order valence-electron chi connectivity index (χ4n) is 1.41. The molecule has 0 bridgehead atoms. The van der Waals surface area contributed by atoms with E-state index in [1.165, 1.54) is 0 Å². The first-order valence-corrected chi connectivity index (χ1v) is 5.02. The van der Waals surface area contributed by atoms with Crippen LogP contribution < -0.4 is 10.6 Å². The van der Waals surface area contributed by atoms with Gasteiger partial charge in [-0.3, -0.25) is 0 Å². The number of hydrogen-bond acceptors (Lipinski definition) is 4. The quantitative estimate of drug-likeness (QED) is 0.720. The van der Waals surface area contributed by atoms with Crippen LogP contribution in [0.1, 0.15) is 5.69 Å². The average molecular weight is 205 g/mol. The van der Waals surface area contributed by atoms with Gasteiger partial charge < -0.3 is 10.6 Å². The van der Waals surface area contributed by atoms with E-state index in [0.29, 0.717) is 5.95 Å². The van der Waals surface area contributed by atoms with Crippen molar-refractivity contribution in [2.24, 2.45) is 0 Å². The lowest BCUT2D eigenvalue weighted by molar-refractivity contribution is 0.815. The standard InChI is InChI=1S/C10H15N5/c1-8-4-3-5-9-13-10(14-15(8)9)12-7-6-11-2/h3-5,11H,6-7H2,1-2H3,(H,12,14). The van der Waals surface area contributed by atoms with Gasteiger partial charge in [0.25, 0.3) is 0 Å². The number of hydrogen-bond donors (Lipinski definition) is 2. The van der Waals surface area contributed by atoms with Crippen molar-refractivity contribution in [3.63, 3.8) is 0 Å². The number of aryl methyl sites for hydroxylation is 1. The second-order valence-corrected chi connectivity index (χ2v) is 3.40. The Kier molecular flexibility index (Phi) is 2.82. The van der Waals surface area contributed by atoms with Crippen molar-refractivity contribution in [2.45, 2.75) is 6.92 Å². The molecule has 0 aliphatic rings. The zero-order valence-electron chi connectivity index (χ0n) is 8.99. The monoisotopic (exact) mass is 205 g/mol. The number of pyridine rings is 1. The lowest BCUT2D eigenvalue weighted by Gasteiger charge is -1.98. The first kappa shape index (κ1) is 9.92. The fourth-order valence-corrected chi connectivity index (χ4v) is 1.41. The lowest BCUT2D eigenvalue weighted by Crippen LogP contribution is -2.18. The van der Waals surface area contributed by atoms with E-state index in [1.54, 1.807) is 0 Å². The van der Waals surface area contributed by atoms with Gasteiger partial charge in [-0.2, -0.15) is 4.98 Å². The predicted molar refractivity (Wildman–Crippen MR) is 60.1 cm³/mol. The summed E-state index contributed by atoms with van der Waals surface area (Å²) in [5.41, 5.74) is 1.96. The van der Waals surface area contributed by atoms with E-state index < -0.39 is 0 Å². The number of rotatable bonds is 4. The molecule has 0 fully saturated rings. The molecule has 0 unspecified atom stereocenters.